The van der Waals surface area contributed by atoms with E-state index in [2.05, 4.69) is 26.0 Å². The van der Waals surface area contributed by atoms with Gasteiger partial charge in [0, 0.05) is 19.3 Å². The highest BCUT2D eigenvalue weighted by Crippen LogP contribution is 2.37. The van der Waals surface area contributed by atoms with Crippen LogP contribution in [0.25, 0.3) is 0 Å². The Balaban J connectivity index is 2.35. The van der Waals surface area contributed by atoms with Gasteiger partial charge in [-0.2, -0.15) is 0 Å². The Bertz CT molecular complexity index is 972. The Labute approximate surface area is 318 Å². The summed E-state index contributed by atoms with van der Waals surface area (Å²) in [6, 6.07) is 0. The quantitative estimate of drug-likeness (QED) is 0.0329. The molecule has 0 aromatic carbocycles. The number of hydrogen-bond donors (Lipinski definition) is 3. The lowest BCUT2D eigenvalue weighted by molar-refractivity contribution is -0.190. The van der Waals surface area contributed by atoms with Gasteiger partial charge in [0.15, 0.2) is 17.3 Å². The van der Waals surface area contributed by atoms with E-state index in [1.165, 1.54) is 116 Å². The smallest absolute Gasteiger partial charge is 0.227 e. The van der Waals surface area contributed by atoms with Gasteiger partial charge in [0.05, 0.1) is 0 Å². The molecule has 0 saturated heterocycles. The average Bonchev–Trinajstić information content (AvgIpc) is 3.41. The van der Waals surface area contributed by atoms with Gasteiger partial charge >= 0.3 is 0 Å². The van der Waals surface area contributed by atoms with Crippen LogP contribution < -0.4 is 0 Å². The molecule has 1 aliphatic carbocycles. The van der Waals surface area contributed by atoms with Crippen LogP contribution in [0.15, 0.2) is 12.2 Å². The first-order valence-corrected chi connectivity index (χ1v) is 22.1. The van der Waals surface area contributed by atoms with Crippen molar-refractivity contribution in [1.29, 1.82) is 0 Å². The maximum absolute atomic E-state index is 13.5. The zero-order chi connectivity index (χ0) is 38.3. The highest BCUT2D eigenvalue weighted by Gasteiger charge is 2.69. The van der Waals surface area contributed by atoms with Crippen LogP contribution in [0.4, 0.5) is 0 Å². The van der Waals surface area contributed by atoms with E-state index in [9.17, 15) is 34.5 Å². The van der Waals surface area contributed by atoms with Crippen LogP contribution in [-0.2, 0) is 19.2 Å². The number of allylic oxidation sites excluding steroid dienone is 2. The molecular weight excluding hydrogens is 652 g/mol. The fourth-order valence-electron chi connectivity index (χ4n) is 7.64. The molecule has 0 bridgehead atoms. The number of carbonyl (C=O) groups excluding carboxylic acids is 4. The third kappa shape index (κ3) is 18.6. The fraction of sp³-hybridized carbons (Fsp3) is 0.867. The molecule has 52 heavy (non-hydrogen) atoms. The molecule has 1 saturated carbocycles. The molecule has 1 rings (SSSR count). The summed E-state index contributed by atoms with van der Waals surface area (Å²) in [7, 11) is 0. The molecule has 0 radical (unpaired) electrons. The Hall–Kier alpha value is -1.70. The summed E-state index contributed by atoms with van der Waals surface area (Å²) in [6.07, 6.45) is 36.1. The van der Waals surface area contributed by atoms with Gasteiger partial charge in [0.1, 0.15) is 6.10 Å². The van der Waals surface area contributed by atoms with Crippen molar-refractivity contribution < 1.29 is 34.5 Å². The van der Waals surface area contributed by atoms with Gasteiger partial charge in [0.25, 0.3) is 0 Å². The molecule has 0 heterocycles. The summed E-state index contributed by atoms with van der Waals surface area (Å²) in [5.74, 6) is -4.44. The molecule has 2 atom stereocenters. The molecule has 0 aliphatic heterocycles. The van der Waals surface area contributed by atoms with Crippen molar-refractivity contribution in [3.63, 3.8) is 0 Å². The fourth-order valence-corrected chi connectivity index (χ4v) is 7.64. The van der Waals surface area contributed by atoms with Crippen LogP contribution in [0.1, 0.15) is 232 Å². The second-order valence-electron chi connectivity index (χ2n) is 15.9. The zero-order valence-electron chi connectivity index (χ0n) is 33.7. The summed E-state index contributed by atoms with van der Waals surface area (Å²) in [5, 5.41) is 33.5. The summed E-state index contributed by atoms with van der Waals surface area (Å²) in [4.78, 5) is 52.3. The first-order valence-electron chi connectivity index (χ1n) is 22.1. The largest absolute Gasteiger partial charge is 0.385 e. The van der Waals surface area contributed by atoms with E-state index in [4.69, 9.17) is 0 Å². The molecule has 0 aromatic heterocycles. The van der Waals surface area contributed by atoms with Crippen LogP contribution in [0.2, 0.25) is 0 Å². The van der Waals surface area contributed by atoms with Crippen molar-refractivity contribution in [3.05, 3.63) is 12.2 Å². The average molecular weight is 733 g/mol. The van der Waals surface area contributed by atoms with Crippen LogP contribution in [0, 0.1) is 0 Å². The monoisotopic (exact) mass is 733 g/mol. The highest BCUT2D eigenvalue weighted by atomic mass is 16.4. The van der Waals surface area contributed by atoms with Gasteiger partial charge in [-0.05, 0) is 38.5 Å². The minimum Gasteiger partial charge on any atom is -0.385 e. The number of aliphatic hydroxyl groups excluding tert-OH is 1. The molecular formula is C45H80O7. The van der Waals surface area contributed by atoms with Crippen molar-refractivity contribution in [1.82, 2.24) is 0 Å². The standard InChI is InChI=1S/C45H80O7/c1-3-5-7-9-11-13-15-17-19-20-22-23-25-27-29-31-33-35-39(46)43(50)45(52,44(51)41(48)37-38-42(44)49)40(47)36-34-32-30-28-26-24-21-18-16-14-12-10-8-6-4-2/h18,21,39,46,51-52H,3-17,19-20,22-38H2,1-2H3. The summed E-state index contributed by atoms with van der Waals surface area (Å²) >= 11 is 0. The number of unbranched alkanes of at least 4 members (excludes halogenated alkanes) is 27. The predicted molar refractivity (Wildman–Crippen MR) is 213 cm³/mol. The molecule has 2 unspecified atom stereocenters. The first kappa shape index (κ1) is 48.3. The molecule has 0 amide bonds. The summed E-state index contributed by atoms with van der Waals surface area (Å²) < 4.78 is 0. The van der Waals surface area contributed by atoms with Crippen LogP contribution >= 0.6 is 0 Å². The van der Waals surface area contributed by atoms with E-state index >= 15 is 0 Å². The maximum atomic E-state index is 13.5. The van der Waals surface area contributed by atoms with Crippen molar-refractivity contribution in [2.24, 2.45) is 0 Å². The second kappa shape index (κ2) is 30.6. The van der Waals surface area contributed by atoms with Crippen molar-refractivity contribution in [3.8, 4) is 0 Å². The van der Waals surface area contributed by atoms with Crippen molar-refractivity contribution >= 4 is 23.1 Å². The van der Waals surface area contributed by atoms with E-state index in [0.29, 0.717) is 19.3 Å². The lowest BCUT2D eigenvalue weighted by atomic mass is 9.71. The van der Waals surface area contributed by atoms with E-state index in [0.717, 1.165) is 57.8 Å². The minimum absolute atomic E-state index is 0.00110. The lowest BCUT2D eigenvalue weighted by Gasteiger charge is -2.37. The van der Waals surface area contributed by atoms with Crippen LogP contribution in [0.5, 0.6) is 0 Å². The van der Waals surface area contributed by atoms with Crippen LogP contribution in [-0.4, -0.2) is 55.8 Å². The Kier molecular flexibility index (Phi) is 28.4. The number of rotatable bonds is 37. The van der Waals surface area contributed by atoms with Gasteiger partial charge in [-0.1, -0.05) is 187 Å². The van der Waals surface area contributed by atoms with Crippen molar-refractivity contribution in [2.75, 3.05) is 0 Å². The predicted octanol–water partition coefficient (Wildman–Crippen LogP) is 11.0. The molecule has 1 fully saturated rings. The maximum Gasteiger partial charge on any atom is 0.227 e. The van der Waals surface area contributed by atoms with Gasteiger partial charge in [0.2, 0.25) is 17.0 Å². The SMILES string of the molecule is CCCCCCCCC=CCCCCCCCC(=O)C(O)(C(=O)C(O)CCCCCCCCCCCCCCCCCCC)C1(O)C(=O)CCC1=O. The normalized spacial score (nSPS) is 16.2. The molecule has 0 spiro atoms. The molecule has 0 aromatic rings. The van der Waals surface area contributed by atoms with Crippen molar-refractivity contribution in [2.45, 2.75) is 249 Å². The van der Waals surface area contributed by atoms with Gasteiger partial charge in [-0.25, -0.2) is 0 Å². The third-order valence-electron chi connectivity index (χ3n) is 11.2. The molecule has 7 heteroatoms. The van der Waals surface area contributed by atoms with E-state index in [1.54, 1.807) is 0 Å². The zero-order valence-corrected chi connectivity index (χ0v) is 33.7. The van der Waals surface area contributed by atoms with Crippen LogP contribution in [0.3, 0.4) is 0 Å². The van der Waals surface area contributed by atoms with Gasteiger partial charge < -0.3 is 15.3 Å². The Morgan fingerprint density at radius 2 is 0.904 bits per heavy atom. The highest BCUT2D eigenvalue weighted by molar-refractivity contribution is 6.28. The topological polar surface area (TPSA) is 129 Å². The Morgan fingerprint density at radius 3 is 1.29 bits per heavy atom. The molecule has 1 aliphatic rings. The molecule has 302 valence electrons. The lowest BCUT2D eigenvalue weighted by Crippen LogP contribution is -2.71. The van der Waals surface area contributed by atoms with E-state index in [1.807, 2.05) is 0 Å². The Morgan fingerprint density at radius 1 is 0.577 bits per heavy atom. The summed E-state index contributed by atoms with van der Waals surface area (Å²) in [6.45, 7) is 4.49. The minimum atomic E-state index is -3.26. The number of Topliss-reactive ketones (excluding diaryl/α,β-unsaturated/α-hetero) is 4. The van der Waals surface area contributed by atoms with E-state index < -0.39 is 40.4 Å². The number of carbonyl (C=O) groups is 4. The molecule has 3 N–H and O–H groups in total. The van der Waals surface area contributed by atoms with Gasteiger partial charge in [-0.3, -0.25) is 19.2 Å². The number of aliphatic hydroxyl groups is 3. The van der Waals surface area contributed by atoms with Gasteiger partial charge in [-0.15, -0.1) is 0 Å². The number of ketones is 4. The molecule has 7 nitrogen and oxygen atoms in total. The van der Waals surface area contributed by atoms with E-state index in [-0.39, 0.29) is 25.7 Å². The number of hydrogen-bond acceptors (Lipinski definition) is 7. The second-order valence-corrected chi connectivity index (χ2v) is 15.9. The third-order valence-corrected chi connectivity index (χ3v) is 11.2. The first-order chi connectivity index (χ1) is 25.2. The summed E-state index contributed by atoms with van der Waals surface area (Å²) in [5.41, 5.74) is -6.38.